The lowest BCUT2D eigenvalue weighted by molar-refractivity contribution is -0.132. The summed E-state index contributed by atoms with van der Waals surface area (Å²) in [5, 5.41) is 7.92. The number of rotatable bonds is 6. The highest BCUT2D eigenvalue weighted by Crippen LogP contribution is 2.42. The molecule has 2 aliphatic rings. The number of aryl methyl sites for hydroxylation is 3. The van der Waals surface area contributed by atoms with E-state index in [0.717, 1.165) is 40.4 Å². The highest BCUT2D eigenvalue weighted by Gasteiger charge is 2.26. The van der Waals surface area contributed by atoms with Crippen molar-refractivity contribution in [3.05, 3.63) is 64.8 Å². The molecule has 1 atom stereocenters. The van der Waals surface area contributed by atoms with E-state index in [0.29, 0.717) is 45.9 Å². The van der Waals surface area contributed by atoms with Crippen LogP contribution in [0.3, 0.4) is 0 Å². The third-order valence-electron chi connectivity index (χ3n) is 7.07. The minimum atomic E-state index is 0.00363. The number of benzene rings is 2. The molecule has 4 heterocycles. The van der Waals surface area contributed by atoms with E-state index in [1.54, 1.807) is 11.3 Å². The maximum absolute atomic E-state index is 13.3. The van der Waals surface area contributed by atoms with Gasteiger partial charge in [-0.3, -0.25) is 9.48 Å². The van der Waals surface area contributed by atoms with E-state index in [4.69, 9.17) is 14.2 Å². The first-order valence-corrected chi connectivity index (χ1v) is 13.7. The Kier molecular flexibility index (Phi) is 6.61. The average Bonchev–Trinajstić information content (AvgIpc) is 3.59. The van der Waals surface area contributed by atoms with Crippen molar-refractivity contribution in [1.29, 1.82) is 0 Å². The van der Waals surface area contributed by atoms with Crippen LogP contribution in [0.2, 0.25) is 0 Å². The van der Waals surface area contributed by atoms with Crippen LogP contribution in [0.25, 0.3) is 21.2 Å². The van der Waals surface area contributed by atoms with Crippen LogP contribution in [0.5, 0.6) is 11.5 Å². The lowest BCUT2D eigenvalue weighted by Gasteiger charge is -2.21. The lowest BCUT2D eigenvalue weighted by Crippen LogP contribution is -2.33. The van der Waals surface area contributed by atoms with Crippen LogP contribution < -0.4 is 9.47 Å². The molecule has 2 aliphatic heterocycles. The quantitative estimate of drug-likeness (QED) is 0.345. The summed E-state index contributed by atoms with van der Waals surface area (Å²) in [7, 11) is 0. The molecule has 8 heteroatoms. The van der Waals surface area contributed by atoms with Crippen molar-refractivity contribution in [2.75, 3.05) is 26.4 Å². The minimum absolute atomic E-state index is 0.00363. The van der Waals surface area contributed by atoms with Crippen molar-refractivity contribution in [3.63, 3.8) is 0 Å². The first-order valence-electron chi connectivity index (χ1n) is 12.8. The maximum atomic E-state index is 13.3. The summed E-state index contributed by atoms with van der Waals surface area (Å²) in [4.78, 5) is 15.2. The fourth-order valence-corrected chi connectivity index (χ4v) is 6.16. The van der Waals surface area contributed by atoms with Gasteiger partial charge in [0, 0.05) is 52.8 Å². The predicted molar refractivity (Wildman–Crippen MR) is 144 cm³/mol. The number of hydrogen-bond acceptors (Lipinski definition) is 6. The van der Waals surface area contributed by atoms with E-state index in [1.807, 2.05) is 29.5 Å². The van der Waals surface area contributed by atoms with E-state index in [-0.39, 0.29) is 12.0 Å². The zero-order valence-corrected chi connectivity index (χ0v) is 22.1. The molecule has 0 aliphatic carbocycles. The topological polar surface area (TPSA) is 65.8 Å². The Balaban J connectivity index is 1.31. The monoisotopic (exact) mass is 517 g/mol. The molecule has 1 saturated heterocycles. The molecule has 2 aromatic heterocycles. The van der Waals surface area contributed by atoms with Gasteiger partial charge in [0.1, 0.15) is 12.7 Å². The molecule has 192 valence electrons. The van der Waals surface area contributed by atoms with Crippen LogP contribution in [0, 0.1) is 13.8 Å². The molecule has 0 saturated carbocycles. The molecule has 0 radical (unpaired) electrons. The second-order valence-corrected chi connectivity index (χ2v) is 10.7. The first-order chi connectivity index (χ1) is 18.0. The molecule has 0 bridgehead atoms. The molecule has 1 unspecified atom stereocenters. The maximum Gasteiger partial charge on any atom is 0.224 e. The number of amides is 1. The summed E-state index contributed by atoms with van der Waals surface area (Å²) in [6, 6.07) is 14.7. The highest BCUT2D eigenvalue weighted by molar-refractivity contribution is 7.17. The van der Waals surface area contributed by atoms with Crippen LogP contribution in [-0.4, -0.2) is 53.1 Å². The number of ether oxygens (including phenoxy) is 3. The largest absolute Gasteiger partial charge is 0.487 e. The fourth-order valence-electron chi connectivity index (χ4n) is 5.19. The van der Waals surface area contributed by atoms with Crippen molar-refractivity contribution in [2.24, 2.45) is 0 Å². The fraction of sp³-hybridized carbons (Fsp3) is 0.379. The van der Waals surface area contributed by atoms with Crippen LogP contribution in [0.4, 0.5) is 0 Å². The summed E-state index contributed by atoms with van der Waals surface area (Å²) in [6.45, 7) is 7.30. The van der Waals surface area contributed by atoms with Crippen molar-refractivity contribution >= 4 is 27.3 Å². The van der Waals surface area contributed by atoms with Crippen molar-refractivity contribution in [2.45, 2.75) is 45.9 Å². The Bertz CT molecular complexity index is 1440. The third kappa shape index (κ3) is 4.95. The molecule has 7 nitrogen and oxygen atoms in total. The lowest BCUT2D eigenvalue weighted by atomic mass is 10.0. The number of carbonyl (C=O) groups is 1. The Morgan fingerprint density at radius 2 is 2.08 bits per heavy atom. The number of thiophene rings is 1. The number of carbonyl (C=O) groups excluding carboxylic acids is 1. The van der Waals surface area contributed by atoms with Crippen LogP contribution in [-0.2, 0) is 22.6 Å². The summed E-state index contributed by atoms with van der Waals surface area (Å²) in [5.41, 5.74) is 5.25. The van der Waals surface area contributed by atoms with Crippen molar-refractivity contribution in [1.82, 2.24) is 14.7 Å². The van der Waals surface area contributed by atoms with Gasteiger partial charge in [0.25, 0.3) is 0 Å². The number of aromatic nitrogens is 2. The smallest absolute Gasteiger partial charge is 0.224 e. The third-order valence-corrected chi connectivity index (χ3v) is 8.03. The summed E-state index contributed by atoms with van der Waals surface area (Å²) >= 11 is 1.74. The van der Waals surface area contributed by atoms with Crippen LogP contribution >= 0.6 is 11.3 Å². The number of fused-ring (bicyclic) bond motifs is 2. The minimum Gasteiger partial charge on any atom is -0.487 e. The molecule has 0 N–H and O–H groups in total. The summed E-state index contributed by atoms with van der Waals surface area (Å²) < 4.78 is 21.4. The molecule has 37 heavy (non-hydrogen) atoms. The van der Waals surface area contributed by atoms with Gasteiger partial charge in [-0.15, -0.1) is 11.3 Å². The van der Waals surface area contributed by atoms with E-state index in [2.05, 4.69) is 46.9 Å². The van der Waals surface area contributed by atoms with Crippen LogP contribution in [0.15, 0.2) is 47.8 Å². The Morgan fingerprint density at radius 1 is 1.19 bits per heavy atom. The zero-order valence-electron chi connectivity index (χ0n) is 21.2. The number of hydrogen-bond donors (Lipinski definition) is 0. The molecule has 6 rings (SSSR count). The van der Waals surface area contributed by atoms with Gasteiger partial charge in [-0.2, -0.15) is 5.10 Å². The second-order valence-electron chi connectivity index (χ2n) is 9.78. The van der Waals surface area contributed by atoms with Gasteiger partial charge in [0.2, 0.25) is 5.91 Å². The highest BCUT2D eigenvalue weighted by atomic mass is 32.1. The molecular weight excluding hydrogens is 486 g/mol. The molecule has 1 amide bonds. The predicted octanol–water partition coefficient (Wildman–Crippen LogP) is 5.36. The van der Waals surface area contributed by atoms with Crippen LogP contribution in [0.1, 0.15) is 29.8 Å². The average molecular weight is 518 g/mol. The van der Waals surface area contributed by atoms with E-state index in [9.17, 15) is 4.79 Å². The van der Waals surface area contributed by atoms with Gasteiger partial charge in [0.15, 0.2) is 11.5 Å². The summed E-state index contributed by atoms with van der Waals surface area (Å²) in [6.07, 6.45) is 1.26. The van der Waals surface area contributed by atoms with Gasteiger partial charge < -0.3 is 19.1 Å². The SMILES string of the molecule is Cc1cc(C)n(CCC(=O)N2CCOc3c(cc(-c4csc5ccccc45)cc3OC3CCOC3)C2)n1. The van der Waals surface area contributed by atoms with Gasteiger partial charge in [-0.25, -0.2) is 0 Å². The van der Waals surface area contributed by atoms with Crippen molar-refractivity contribution < 1.29 is 19.0 Å². The van der Waals surface area contributed by atoms with Gasteiger partial charge in [-0.05, 0) is 49.1 Å². The standard InChI is InChI=1S/C29H31N3O4S/c1-19-13-20(2)32(30-19)9-7-28(33)31-10-12-35-29-22(16-31)14-21(15-26(29)36-23-8-11-34-17-23)25-18-37-27-6-4-3-5-24(25)27/h3-6,13-15,18,23H,7-12,16-17H2,1-2H3. The molecule has 0 spiro atoms. The molecule has 1 fully saturated rings. The van der Waals surface area contributed by atoms with E-state index < -0.39 is 0 Å². The van der Waals surface area contributed by atoms with E-state index in [1.165, 1.54) is 15.6 Å². The second kappa shape index (κ2) is 10.2. The molecular formula is C29H31N3O4S. The molecule has 2 aromatic carbocycles. The van der Waals surface area contributed by atoms with Gasteiger partial charge in [0.05, 0.1) is 25.5 Å². The first kappa shape index (κ1) is 24.0. The molecule has 4 aromatic rings. The van der Waals surface area contributed by atoms with E-state index >= 15 is 0 Å². The Hall–Kier alpha value is -3.36. The Labute approximate surface area is 220 Å². The van der Waals surface area contributed by atoms with Crippen molar-refractivity contribution in [3.8, 4) is 22.6 Å². The zero-order chi connectivity index (χ0) is 25.4. The van der Waals surface area contributed by atoms with Gasteiger partial charge >= 0.3 is 0 Å². The number of nitrogens with zero attached hydrogens (tertiary/aromatic N) is 3. The Morgan fingerprint density at radius 3 is 2.89 bits per heavy atom. The van der Waals surface area contributed by atoms with Gasteiger partial charge in [-0.1, -0.05) is 18.2 Å². The normalized spacial score (nSPS) is 17.5. The summed E-state index contributed by atoms with van der Waals surface area (Å²) in [5.74, 6) is 1.57.